The molecule has 1 aromatic carbocycles. The number of thioether (sulfide) groups is 1. The Kier molecular flexibility index (Phi) is 5.15. The highest BCUT2D eigenvalue weighted by molar-refractivity contribution is 9.10. The van der Waals surface area contributed by atoms with E-state index < -0.39 is 5.97 Å². The van der Waals surface area contributed by atoms with E-state index in [2.05, 4.69) is 15.9 Å². The lowest BCUT2D eigenvalue weighted by Crippen LogP contribution is -1.98. The Hall–Kier alpha value is -0.680. The Balaban J connectivity index is 2.96. The zero-order valence-electron chi connectivity index (χ0n) is 9.12. The summed E-state index contributed by atoms with van der Waals surface area (Å²) < 4.78 is 6.13. The number of carboxylic acids is 1. The van der Waals surface area contributed by atoms with Crippen molar-refractivity contribution in [3.05, 3.63) is 22.2 Å². The molecule has 0 aliphatic carbocycles. The summed E-state index contributed by atoms with van der Waals surface area (Å²) in [6.45, 7) is 0. The minimum absolute atomic E-state index is 0.145. The van der Waals surface area contributed by atoms with Gasteiger partial charge >= 0.3 is 5.97 Å². The van der Waals surface area contributed by atoms with E-state index in [0.29, 0.717) is 6.42 Å². The number of aliphatic carboxylic acids is 1. The molecule has 0 amide bonds. The molecule has 0 heterocycles. The van der Waals surface area contributed by atoms with Gasteiger partial charge in [-0.15, -0.1) is 11.8 Å². The Labute approximate surface area is 107 Å². The van der Waals surface area contributed by atoms with E-state index in [1.165, 1.54) is 0 Å². The molecule has 0 bridgehead atoms. The van der Waals surface area contributed by atoms with E-state index in [9.17, 15) is 4.79 Å². The lowest BCUT2D eigenvalue weighted by atomic mass is 10.1. The monoisotopic (exact) mass is 304 g/mol. The van der Waals surface area contributed by atoms with Crippen LogP contribution in [-0.2, 0) is 11.2 Å². The topological polar surface area (TPSA) is 46.5 Å². The van der Waals surface area contributed by atoms with E-state index in [4.69, 9.17) is 9.84 Å². The van der Waals surface area contributed by atoms with Crippen molar-refractivity contribution in [1.82, 2.24) is 0 Å². The van der Waals surface area contributed by atoms with Crippen molar-refractivity contribution in [2.24, 2.45) is 0 Å². The maximum absolute atomic E-state index is 10.5. The summed E-state index contributed by atoms with van der Waals surface area (Å²) in [6, 6.07) is 3.87. The van der Waals surface area contributed by atoms with Gasteiger partial charge in [0.15, 0.2) is 0 Å². The van der Waals surface area contributed by atoms with Gasteiger partial charge in [-0.25, -0.2) is 0 Å². The van der Waals surface area contributed by atoms with Crippen LogP contribution in [0.1, 0.15) is 12.0 Å². The van der Waals surface area contributed by atoms with E-state index in [-0.39, 0.29) is 6.42 Å². The van der Waals surface area contributed by atoms with E-state index >= 15 is 0 Å². The van der Waals surface area contributed by atoms with Gasteiger partial charge in [0.2, 0.25) is 0 Å². The van der Waals surface area contributed by atoms with Crippen LogP contribution < -0.4 is 4.74 Å². The number of halogens is 1. The predicted octanol–water partition coefficient (Wildman–Crippen LogP) is 3.20. The second kappa shape index (κ2) is 6.15. The van der Waals surface area contributed by atoms with Crippen LogP contribution in [0.5, 0.6) is 5.75 Å². The van der Waals surface area contributed by atoms with Gasteiger partial charge in [-0.05, 0) is 46.3 Å². The number of methoxy groups -OCH3 is 1. The first-order valence-electron chi connectivity index (χ1n) is 4.70. The van der Waals surface area contributed by atoms with Crippen LogP contribution in [0.2, 0.25) is 0 Å². The minimum atomic E-state index is -0.780. The molecule has 0 aliphatic rings. The fourth-order valence-corrected chi connectivity index (χ4v) is 2.82. The summed E-state index contributed by atoms with van der Waals surface area (Å²) in [7, 11) is 1.62. The van der Waals surface area contributed by atoms with Gasteiger partial charge in [-0.3, -0.25) is 4.79 Å². The average Bonchev–Trinajstić information content (AvgIpc) is 2.25. The lowest BCUT2D eigenvalue weighted by Gasteiger charge is -2.10. The standard InChI is InChI=1S/C11H13BrO3S/c1-15-11-8(12)5-7(3-4-10(13)14)6-9(11)16-2/h5-6H,3-4H2,1-2H3,(H,13,14). The van der Waals surface area contributed by atoms with Crippen molar-refractivity contribution >= 4 is 33.7 Å². The highest BCUT2D eigenvalue weighted by atomic mass is 79.9. The third kappa shape index (κ3) is 3.42. The smallest absolute Gasteiger partial charge is 0.303 e. The first-order chi connectivity index (χ1) is 7.58. The number of hydrogen-bond donors (Lipinski definition) is 1. The molecule has 1 N–H and O–H groups in total. The van der Waals surface area contributed by atoms with Gasteiger partial charge in [0.25, 0.3) is 0 Å². The Morgan fingerprint density at radius 3 is 2.75 bits per heavy atom. The molecule has 0 saturated heterocycles. The summed E-state index contributed by atoms with van der Waals surface area (Å²) in [4.78, 5) is 11.5. The van der Waals surface area contributed by atoms with Crippen LogP contribution in [0, 0.1) is 0 Å². The molecule has 1 aromatic rings. The van der Waals surface area contributed by atoms with E-state index in [1.54, 1.807) is 18.9 Å². The fraction of sp³-hybridized carbons (Fsp3) is 0.364. The Morgan fingerprint density at radius 1 is 1.56 bits per heavy atom. The van der Waals surface area contributed by atoms with Crippen LogP contribution >= 0.6 is 27.7 Å². The molecule has 1 rings (SSSR count). The van der Waals surface area contributed by atoms with Crippen molar-refractivity contribution in [2.75, 3.05) is 13.4 Å². The molecule has 0 aromatic heterocycles. The van der Waals surface area contributed by atoms with Crippen LogP contribution in [0.15, 0.2) is 21.5 Å². The summed E-state index contributed by atoms with van der Waals surface area (Å²) in [5.41, 5.74) is 0.999. The molecule has 0 atom stereocenters. The molecule has 5 heteroatoms. The molecular formula is C11H13BrO3S. The van der Waals surface area contributed by atoms with Crippen molar-refractivity contribution in [2.45, 2.75) is 17.7 Å². The zero-order chi connectivity index (χ0) is 12.1. The third-order valence-electron chi connectivity index (χ3n) is 2.12. The Bertz CT molecular complexity index is 393. The SMILES string of the molecule is COc1c(Br)cc(CCC(=O)O)cc1SC. The molecule has 0 unspecified atom stereocenters. The molecule has 0 saturated carbocycles. The molecule has 0 radical (unpaired) electrons. The number of hydrogen-bond acceptors (Lipinski definition) is 3. The van der Waals surface area contributed by atoms with Gasteiger partial charge in [-0.1, -0.05) is 0 Å². The number of carboxylic acid groups (broad SMARTS) is 1. The largest absolute Gasteiger partial charge is 0.494 e. The first kappa shape index (κ1) is 13.4. The third-order valence-corrected chi connectivity index (χ3v) is 3.45. The summed E-state index contributed by atoms with van der Waals surface area (Å²) in [5.74, 6) is 0.0178. The normalized spacial score (nSPS) is 10.2. The molecular weight excluding hydrogens is 292 g/mol. The number of rotatable bonds is 5. The summed E-state index contributed by atoms with van der Waals surface area (Å²) in [6.07, 6.45) is 2.64. The maximum atomic E-state index is 10.5. The highest BCUT2D eigenvalue weighted by Crippen LogP contribution is 2.36. The number of carbonyl (C=O) groups is 1. The molecule has 0 fully saturated rings. The van der Waals surface area contributed by atoms with Crippen LogP contribution in [-0.4, -0.2) is 24.4 Å². The quantitative estimate of drug-likeness (QED) is 0.849. The fourth-order valence-electron chi connectivity index (χ4n) is 1.37. The summed E-state index contributed by atoms with van der Waals surface area (Å²) in [5, 5.41) is 8.63. The predicted molar refractivity (Wildman–Crippen MR) is 68.4 cm³/mol. The van der Waals surface area contributed by atoms with Gasteiger partial charge in [-0.2, -0.15) is 0 Å². The van der Waals surface area contributed by atoms with E-state index in [1.807, 2.05) is 18.4 Å². The molecule has 0 spiro atoms. The van der Waals surface area contributed by atoms with Crippen LogP contribution in [0.3, 0.4) is 0 Å². The van der Waals surface area contributed by atoms with Crippen molar-refractivity contribution < 1.29 is 14.6 Å². The maximum Gasteiger partial charge on any atom is 0.303 e. The first-order valence-corrected chi connectivity index (χ1v) is 6.72. The molecule has 88 valence electrons. The zero-order valence-corrected chi connectivity index (χ0v) is 11.5. The van der Waals surface area contributed by atoms with Crippen molar-refractivity contribution in [3.63, 3.8) is 0 Å². The lowest BCUT2D eigenvalue weighted by molar-refractivity contribution is -0.136. The number of benzene rings is 1. The van der Waals surface area contributed by atoms with Gasteiger partial charge in [0.1, 0.15) is 5.75 Å². The van der Waals surface area contributed by atoms with Crippen LogP contribution in [0.4, 0.5) is 0 Å². The van der Waals surface area contributed by atoms with Gasteiger partial charge in [0, 0.05) is 6.42 Å². The summed E-state index contributed by atoms with van der Waals surface area (Å²) >= 11 is 5.00. The second-order valence-electron chi connectivity index (χ2n) is 3.21. The highest BCUT2D eigenvalue weighted by Gasteiger charge is 2.09. The minimum Gasteiger partial charge on any atom is -0.494 e. The van der Waals surface area contributed by atoms with Crippen LogP contribution in [0.25, 0.3) is 0 Å². The molecule has 3 nitrogen and oxygen atoms in total. The van der Waals surface area contributed by atoms with Gasteiger partial charge in [0.05, 0.1) is 16.5 Å². The Morgan fingerprint density at radius 2 is 2.25 bits per heavy atom. The molecule has 16 heavy (non-hydrogen) atoms. The number of aryl methyl sites for hydroxylation is 1. The van der Waals surface area contributed by atoms with Crippen molar-refractivity contribution in [3.8, 4) is 5.75 Å². The van der Waals surface area contributed by atoms with Gasteiger partial charge < -0.3 is 9.84 Å². The number of ether oxygens (including phenoxy) is 1. The average molecular weight is 305 g/mol. The second-order valence-corrected chi connectivity index (χ2v) is 4.91. The van der Waals surface area contributed by atoms with E-state index in [0.717, 1.165) is 20.7 Å². The molecule has 0 aliphatic heterocycles. The van der Waals surface area contributed by atoms with Crippen molar-refractivity contribution in [1.29, 1.82) is 0 Å².